The molecule has 30 heavy (non-hydrogen) atoms. The fourth-order valence-corrected chi connectivity index (χ4v) is 3.63. The van der Waals surface area contributed by atoms with Gasteiger partial charge in [0.05, 0.1) is 32.9 Å². The number of likely N-dealkylation sites (tertiary alicyclic amines) is 1. The van der Waals surface area contributed by atoms with E-state index in [0.29, 0.717) is 13.2 Å². The maximum Gasteiger partial charge on any atom is 0.191 e. The molecule has 0 saturated carbocycles. The summed E-state index contributed by atoms with van der Waals surface area (Å²) >= 11 is 0. The van der Waals surface area contributed by atoms with Crippen LogP contribution in [-0.4, -0.2) is 77.6 Å². The van der Waals surface area contributed by atoms with Gasteiger partial charge in [-0.15, -0.1) is 0 Å². The second kappa shape index (κ2) is 15.0. The lowest BCUT2D eigenvalue weighted by Crippen LogP contribution is -2.40. The predicted molar refractivity (Wildman–Crippen MR) is 122 cm³/mol. The number of rotatable bonds is 13. The van der Waals surface area contributed by atoms with Gasteiger partial charge in [0, 0.05) is 26.8 Å². The number of methoxy groups -OCH3 is 2. The molecule has 2 rings (SSSR count). The molecule has 0 amide bonds. The number of guanidine groups is 1. The monoisotopic (exact) mass is 420 g/mol. The predicted octanol–water partition coefficient (Wildman–Crippen LogP) is 2.83. The third-order valence-electron chi connectivity index (χ3n) is 5.29. The highest BCUT2D eigenvalue weighted by molar-refractivity contribution is 5.79. The van der Waals surface area contributed by atoms with E-state index in [9.17, 15) is 0 Å². The van der Waals surface area contributed by atoms with E-state index in [2.05, 4.69) is 34.6 Å². The maximum atomic E-state index is 5.53. The van der Waals surface area contributed by atoms with E-state index in [4.69, 9.17) is 19.2 Å². The molecule has 1 aliphatic rings. The molecule has 1 saturated heterocycles. The van der Waals surface area contributed by atoms with Crippen LogP contribution in [0, 0.1) is 0 Å². The molecule has 1 fully saturated rings. The summed E-state index contributed by atoms with van der Waals surface area (Å²) < 4.78 is 15.9. The Hall–Kier alpha value is -1.83. The van der Waals surface area contributed by atoms with Crippen molar-refractivity contribution in [3.63, 3.8) is 0 Å². The number of benzene rings is 1. The Labute approximate surface area is 182 Å². The fourth-order valence-electron chi connectivity index (χ4n) is 3.63. The van der Waals surface area contributed by atoms with Gasteiger partial charge < -0.3 is 24.8 Å². The normalized spacial score (nSPS) is 16.3. The molecule has 1 atom stereocenters. The van der Waals surface area contributed by atoms with E-state index in [1.54, 1.807) is 14.2 Å². The fraction of sp³-hybridized carbons (Fsp3) is 0.696. The minimum atomic E-state index is 0.282. The summed E-state index contributed by atoms with van der Waals surface area (Å²) in [7, 11) is 3.39. The molecule has 1 heterocycles. The molecule has 170 valence electrons. The highest BCUT2D eigenvalue weighted by Crippen LogP contribution is 2.26. The molecule has 1 aromatic rings. The van der Waals surface area contributed by atoms with Crippen molar-refractivity contribution in [1.82, 2.24) is 15.5 Å². The molecule has 0 radical (unpaired) electrons. The standard InChI is InChI=1S/C23H40N4O3/c1-4-24-23(25-13-8-16-30-18-17-28-2)26-19-22(27-14-6-5-7-15-27)20-9-11-21(29-3)12-10-20/h9-12,22H,4-8,13-19H2,1-3H3,(H2,24,25,26). The molecule has 7 nitrogen and oxygen atoms in total. The van der Waals surface area contributed by atoms with E-state index in [1.807, 2.05) is 12.1 Å². The Morgan fingerprint density at radius 1 is 1.03 bits per heavy atom. The highest BCUT2D eigenvalue weighted by Gasteiger charge is 2.22. The van der Waals surface area contributed by atoms with Gasteiger partial charge in [0.15, 0.2) is 5.96 Å². The van der Waals surface area contributed by atoms with Gasteiger partial charge in [-0.3, -0.25) is 9.89 Å². The van der Waals surface area contributed by atoms with Gasteiger partial charge in [-0.1, -0.05) is 18.6 Å². The van der Waals surface area contributed by atoms with Crippen LogP contribution in [0.5, 0.6) is 5.75 Å². The Balaban J connectivity index is 1.95. The summed E-state index contributed by atoms with van der Waals surface area (Å²) in [6.07, 6.45) is 4.78. The molecule has 0 bridgehead atoms. The number of ether oxygens (including phenoxy) is 3. The largest absolute Gasteiger partial charge is 0.497 e. The van der Waals surface area contributed by atoms with E-state index < -0.39 is 0 Å². The van der Waals surface area contributed by atoms with E-state index in [0.717, 1.165) is 57.5 Å². The zero-order valence-corrected chi connectivity index (χ0v) is 19.0. The smallest absolute Gasteiger partial charge is 0.191 e. The van der Waals surface area contributed by atoms with Crippen molar-refractivity contribution < 1.29 is 14.2 Å². The lowest BCUT2D eigenvalue weighted by atomic mass is 10.0. The molecule has 0 spiro atoms. The average Bonchev–Trinajstić information content (AvgIpc) is 2.79. The quantitative estimate of drug-likeness (QED) is 0.291. The Bertz CT molecular complexity index is 589. The molecular formula is C23H40N4O3. The van der Waals surface area contributed by atoms with Crippen molar-refractivity contribution in [2.24, 2.45) is 4.99 Å². The van der Waals surface area contributed by atoms with Crippen molar-refractivity contribution in [3.8, 4) is 5.75 Å². The molecule has 0 aromatic heterocycles. The summed E-state index contributed by atoms with van der Waals surface area (Å²) in [6, 6.07) is 8.71. The van der Waals surface area contributed by atoms with Crippen LogP contribution >= 0.6 is 0 Å². The Kier molecular flexibility index (Phi) is 12.3. The number of nitrogens with zero attached hydrogens (tertiary/aromatic N) is 2. The van der Waals surface area contributed by atoms with Crippen LogP contribution in [0.25, 0.3) is 0 Å². The minimum absolute atomic E-state index is 0.282. The lowest BCUT2D eigenvalue weighted by Gasteiger charge is -2.34. The highest BCUT2D eigenvalue weighted by atomic mass is 16.5. The van der Waals surface area contributed by atoms with Gasteiger partial charge >= 0.3 is 0 Å². The zero-order valence-electron chi connectivity index (χ0n) is 19.0. The summed E-state index contributed by atoms with van der Waals surface area (Å²) in [5.41, 5.74) is 1.30. The van der Waals surface area contributed by atoms with Crippen molar-refractivity contribution in [1.29, 1.82) is 0 Å². The molecule has 7 heteroatoms. The van der Waals surface area contributed by atoms with Crippen molar-refractivity contribution in [2.45, 2.75) is 38.6 Å². The first-order valence-electron chi connectivity index (χ1n) is 11.2. The Morgan fingerprint density at radius 3 is 2.47 bits per heavy atom. The van der Waals surface area contributed by atoms with Crippen molar-refractivity contribution >= 4 is 5.96 Å². The molecular weight excluding hydrogens is 380 g/mol. The van der Waals surface area contributed by atoms with Crippen LogP contribution in [0.1, 0.15) is 44.2 Å². The maximum absolute atomic E-state index is 5.53. The summed E-state index contributed by atoms with van der Waals surface area (Å²) in [5, 5.41) is 6.79. The van der Waals surface area contributed by atoms with Crippen LogP contribution in [0.4, 0.5) is 0 Å². The van der Waals surface area contributed by atoms with E-state index >= 15 is 0 Å². The number of aliphatic imine (C=N–C) groups is 1. The van der Waals surface area contributed by atoms with Gasteiger partial charge in [-0.05, 0) is 57.0 Å². The summed E-state index contributed by atoms with van der Waals surface area (Å²) in [6.45, 7) is 8.76. The number of piperidine rings is 1. The summed E-state index contributed by atoms with van der Waals surface area (Å²) in [5.74, 6) is 1.76. The van der Waals surface area contributed by atoms with Gasteiger partial charge in [0.2, 0.25) is 0 Å². The van der Waals surface area contributed by atoms with Gasteiger partial charge in [-0.2, -0.15) is 0 Å². The van der Waals surface area contributed by atoms with Gasteiger partial charge in [-0.25, -0.2) is 0 Å². The number of hydrogen-bond donors (Lipinski definition) is 2. The van der Waals surface area contributed by atoms with Crippen LogP contribution in [0.15, 0.2) is 29.3 Å². The summed E-state index contributed by atoms with van der Waals surface area (Å²) in [4.78, 5) is 7.49. The topological polar surface area (TPSA) is 67.4 Å². The number of hydrogen-bond acceptors (Lipinski definition) is 5. The molecule has 1 aromatic carbocycles. The molecule has 1 unspecified atom stereocenters. The number of nitrogens with one attached hydrogen (secondary N) is 2. The second-order valence-corrected chi connectivity index (χ2v) is 7.49. The minimum Gasteiger partial charge on any atom is -0.497 e. The molecule has 1 aliphatic heterocycles. The lowest BCUT2D eigenvalue weighted by molar-refractivity contribution is 0.0698. The first-order chi connectivity index (χ1) is 14.8. The van der Waals surface area contributed by atoms with Crippen LogP contribution in [0.3, 0.4) is 0 Å². The van der Waals surface area contributed by atoms with E-state index in [-0.39, 0.29) is 6.04 Å². The second-order valence-electron chi connectivity index (χ2n) is 7.49. The molecule has 0 aliphatic carbocycles. The zero-order chi connectivity index (χ0) is 21.4. The average molecular weight is 421 g/mol. The van der Waals surface area contributed by atoms with Gasteiger partial charge in [0.1, 0.15) is 5.75 Å². The SMILES string of the molecule is CCNC(=NCC(c1ccc(OC)cc1)N1CCCCC1)NCCCOCCOC. The van der Waals surface area contributed by atoms with E-state index in [1.165, 1.54) is 24.8 Å². The first-order valence-corrected chi connectivity index (χ1v) is 11.2. The van der Waals surface area contributed by atoms with Crippen molar-refractivity contribution in [3.05, 3.63) is 29.8 Å². The first kappa shape index (κ1) is 24.4. The third kappa shape index (κ3) is 8.90. The third-order valence-corrected chi connectivity index (χ3v) is 5.29. The van der Waals surface area contributed by atoms with Crippen LogP contribution in [0.2, 0.25) is 0 Å². The van der Waals surface area contributed by atoms with Crippen LogP contribution < -0.4 is 15.4 Å². The Morgan fingerprint density at radius 2 is 1.80 bits per heavy atom. The molecule has 2 N–H and O–H groups in total. The van der Waals surface area contributed by atoms with Crippen molar-refractivity contribution in [2.75, 3.05) is 66.8 Å². The van der Waals surface area contributed by atoms with Gasteiger partial charge in [0.25, 0.3) is 0 Å². The van der Waals surface area contributed by atoms with Crippen LogP contribution in [-0.2, 0) is 9.47 Å².